The van der Waals surface area contributed by atoms with E-state index in [9.17, 15) is 0 Å². The van der Waals surface area contributed by atoms with Crippen molar-refractivity contribution in [2.75, 3.05) is 12.3 Å². The smallest absolute Gasteiger partial charge is 0.158 e. The SMILES string of the molecule is CCOCc1nc(N)cc(-n2ccnc2CC)n1. The van der Waals surface area contributed by atoms with Gasteiger partial charge in [-0.15, -0.1) is 0 Å². The molecule has 0 spiro atoms. The van der Waals surface area contributed by atoms with Crippen LogP contribution >= 0.6 is 0 Å². The van der Waals surface area contributed by atoms with Crippen molar-refractivity contribution >= 4 is 5.82 Å². The molecule has 0 radical (unpaired) electrons. The Morgan fingerprint density at radius 2 is 2.17 bits per heavy atom. The molecule has 0 unspecified atom stereocenters. The molecule has 0 aliphatic rings. The van der Waals surface area contributed by atoms with Crippen LogP contribution in [-0.4, -0.2) is 26.1 Å². The third kappa shape index (κ3) is 2.65. The van der Waals surface area contributed by atoms with Gasteiger partial charge in [-0.2, -0.15) is 0 Å². The Balaban J connectivity index is 2.35. The van der Waals surface area contributed by atoms with Crippen LogP contribution < -0.4 is 5.73 Å². The number of aryl methyl sites for hydroxylation is 1. The van der Waals surface area contributed by atoms with Crippen LogP contribution in [0.3, 0.4) is 0 Å². The van der Waals surface area contributed by atoms with E-state index in [2.05, 4.69) is 15.0 Å². The number of aromatic nitrogens is 4. The number of ether oxygens (including phenoxy) is 1. The fourth-order valence-corrected chi connectivity index (χ4v) is 1.69. The molecule has 6 nitrogen and oxygen atoms in total. The topological polar surface area (TPSA) is 78.9 Å². The number of nitrogen functional groups attached to an aromatic ring is 1. The minimum absolute atomic E-state index is 0.366. The van der Waals surface area contributed by atoms with Crippen molar-refractivity contribution in [2.24, 2.45) is 0 Å². The summed E-state index contributed by atoms with van der Waals surface area (Å²) in [6, 6.07) is 1.73. The molecule has 2 heterocycles. The highest BCUT2D eigenvalue weighted by Gasteiger charge is 2.08. The van der Waals surface area contributed by atoms with Gasteiger partial charge in [0.25, 0.3) is 0 Å². The molecule has 2 rings (SSSR count). The summed E-state index contributed by atoms with van der Waals surface area (Å²) in [6.45, 7) is 4.96. The summed E-state index contributed by atoms with van der Waals surface area (Å²) in [5.41, 5.74) is 5.79. The summed E-state index contributed by atoms with van der Waals surface area (Å²) in [5.74, 6) is 2.69. The van der Waals surface area contributed by atoms with E-state index in [0.717, 1.165) is 18.1 Å². The van der Waals surface area contributed by atoms with Gasteiger partial charge in [0.2, 0.25) is 0 Å². The number of nitrogens with two attached hydrogens (primary N) is 1. The van der Waals surface area contributed by atoms with Crippen LogP contribution in [-0.2, 0) is 17.8 Å². The van der Waals surface area contributed by atoms with E-state index in [1.165, 1.54) is 0 Å². The fourth-order valence-electron chi connectivity index (χ4n) is 1.69. The van der Waals surface area contributed by atoms with Gasteiger partial charge in [0, 0.05) is 31.5 Å². The molecule has 0 saturated heterocycles. The van der Waals surface area contributed by atoms with Crippen molar-refractivity contribution in [2.45, 2.75) is 26.9 Å². The van der Waals surface area contributed by atoms with Crippen LogP contribution in [0.5, 0.6) is 0 Å². The van der Waals surface area contributed by atoms with Crippen LogP contribution in [0.4, 0.5) is 5.82 Å². The molecule has 96 valence electrons. The van der Waals surface area contributed by atoms with E-state index in [-0.39, 0.29) is 0 Å². The predicted molar refractivity (Wildman–Crippen MR) is 68.3 cm³/mol. The summed E-state index contributed by atoms with van der Waals surface area (Å²) in [6.07, 6.45) is 4.45. The normalized spacial score (nSPS) is 10.8. The van der Waals surface area contributed by atoms with Gasteiger partial charge in [0.05, 0.1) is 0 Å². The average Bonchev–Trinajstić information content (AvgIpc) is 2.84. The van der Waals surface area contributed by atoms with Crippen LogP contribution in [0.2, 0.25) is 0 Å². The van der Waals surface area contributed by atoms with E-state index in [1.54, 1.807) is 12.3 Å². The van der Waals surface area contributed by atoms with Crippen molar-refractivity contribution in [3.63, 3.8) is 0 Å². The highest BCUT2D eigenvalue weighted by Crippen LogP contribution is 2.12. The molecule has 2 aromatic heterocycles. The molecule has 0 aliphatic heterocycles. The summed E-state index contributed by atoms with van der Waals surface area (Å²) in [7, 11) is 0. The van der Waals surface area contributed by atoms with Gasteiger partial charge in [0.15, 0.2) is 5.82 Å². The quantitative estimate of drug-likeness (QED) is 0.862. The number of imidazole rings is 1. The number of nitrogens with zero attached hydrogens (tertiary/aromatic N) is 4. The first kappa shape index (κ1) is 12.5. The Morgan fingerprint density at radius 3 is 2.89 bits per heavy atom. The number of rotatable bonds is 5. The lowest BCUT2D eigenvalue weighted by Gasteiger charge is -2.08. The van der Waals surface area contributed by atoms with Gasteiger partial charge >= 0.3 is 0 Å². The van der Waals surface area contributed by atoms with Gasteiger partial charge in [-0.25, -0.2) is 15.0 Å². The average molecular weight is 247 g/mol. The minimum atomic E-state index is 0.366. The zero-order chi connectivity index (χ0) is 13.0. The molecule has 0 atom stereocenters. The van der Waals surface area contributed by atoms with Crippen molar-refractivity contribution in [3.05, 3.63) is 30.1 Å². The first-order valence-electron chi connectivity index (χ1n) is 5.98. The molecular formula is C12H17N5O. The highest BCUT2D eigenvalue weighted by molar-refractivity contribution is 5.38. The third-order valence-electron chi connectivity index (χ3n) is 2.49. The molecule has 0 bridgehead atoms. The van der Waals surface area contributed by atoms with Crippen LogP contribution in [0.15, 0.2) is 18.5 Å². The second kappa shape index (κ2) is 5.59. The lowest BCUT2D eigenvalue weighted by molar-refractivity contribution is 0.128. The van der Waals surface area contributed by atoms with Gasteiger partial charge in [-0.1, -0.05) is 6.92 Å². The number of hydrogen-bond acceptors (Lipinski definition) is 5. The van der Waals surface area contributed by atoms with E-state index >= 15 is 0 Å². The van der Waals surface area contributed by atoms with E-state index in [1.807, 2.05) is 24.6 Å². The van der Waals surface area contributed by atoms with Gasteiger partial charge in [0.1, 0.15) is 24.1 Å². The standard InChI is InChI=1S/C12H17N5O/c1-3-11-14-5-6-17(11)12-7-9(13)15-10(16-12)8-18-4-2/h5-7H,3-4,8H2,1-2H3,(H2,13,15,16). The first-order chi connectivity index (χ1) is 8.74. The lowest BCUT2D eigenvalue weighted by atomic mass is 10.4. The minimum Gasteiger partial charge on any atom is -0.384 e. The molecule has 2 aromatic rings. The molecule has 2 N–H and O–H groups in total. The van der Waals surface area contributed by atoms with Crippen molar-refractivity contribution in [3.8, 4) is 5.82 Å². The van der Waals surface area contributed by atoms with Crippen LogP contribution in [0.1, 0.15) is 25.5 Å². The van der Waals surface area contributed by atoms with E-state index < -0.39 is 0 Å². The maximum Gasteiger partial charge on any atom is 0.158 e. The Labute approximate surface area is 106 Å². The zero-order valence-corrected chi connectivity index (χ0v) is 10.6. The van der Waals surface area contributed by atoms with Crippen molar-refractivity contribution < 1.29 is 4.74 Å². The predicted octanol–water partition coefficient (Wildman–Crippen LogP) is 1.34. The first-order valence-corrected chi connectivity index (χ1v) is 5.98. The maximum atomic E-state index is 5.79. The largest absolute Gasteiger partial charge is 0.384 e. The number of anilines is 1. The molecule has 0 fully saturated rings. The van der Waals surface area contributed by atoms with Gasteiger partial charge < -0.3 is 10.5 Å². The van der Waals surface area contributed by atoms with Crippen molar-refractivity contribution in [1.29, 1.82) is 0 Å². The third-order valence-corrected chi connectivity index (χ3v) is 2.49. The summed E-state index contributed by atoms with van der Waals surface area (Å²) >= 11 is 0. The van der Waals surface area contributed by atoms with Crippen LogP contribution in [0.25, 0.3) is 5.82 Å². The second-order valence-electron chi connectivity index (χ2n) is 3.77. The highest BCUT2D eigenvalue weighted by atomic mass is 16.5. The molecule has 6 heteroatoms. The number of hydrogen-bond donors (Lipinski definition) is 1. The molecule has 0 aliphatic carbocycles. The maximum absolute atomic E-state index is 5.79. The monoisotopic (exact) mass is 247 g/mol. The van der Waals surface area contributed by atoms with E-state index in [0.29, 0.717) is 24.9 Å². The Kier molecular flexibility index (Phi) is 3.88. The van der Waals surface area contributed by atoms with Gasteiger partial charge in [-0.05, 0) is 6.92 Å². The lowest BCUT2D eigenvalue weighted by Crippen LogP contribution is -2.08. The molecule has 18 heavy (non-hydrogen) atoms. The van der Waals surface area contributed by atoms with E-state index in [4.69, 9.17) is 10.5 Å². The molecular weight excluding hydrogens is 230 g/mol. The Morgan fingerprint density at radius 1 is 1.33 bits per heavy atom. The van der Waals surface area contributed by atoms with Gasteiger partial charge in [-0.3, -0.25) is 4.57 Å². The Bertz CT molecular complexity index is 523. The summed E-state index contributed by atoms with van der Waals surface area (Å²) in [5, 5.41) is 0. The fraction of sp³-hybridized carbons (Fsp3) is 0.417. The van der Waals surface area contributed by atoms with Crippen LogP contribution in [0, 0.1) is 0 Å². The molecule has 0 saturated carbocycles. The molecule has 0 amide bonds. The Hall–Kier alpha value is -1.95. The molecule has 0 aromatic carbocycles. The zero-order valence-electron chi connectivity index (χ0n) is 10.6. The summed E-state index contributed by atoms with van der Waals surface area (Å²) in [4.78, 5) is 12.8. The second-order valence-corrected chi connectivity index (χ2v) is 3.77. The summed E-state index contributed by atoms with van der Waals surface area (Å²) < 4.78 is 7.21. The van der Waals surface area contributed by atoms with Crippen molar-refractivity contribution in [1.82, 2.24) is 19.5 Å².